The van der Waals surface area contributed by atoms with Crippen LogP contribution < -0.4 is 15.2 Å². The summed E-state index contributed by atoms with van der Waals surface area (Å²) in [7, 11) is 2.96. The van der Waals surface area contributed by atoms with E-state index in [1.54, 1.807) is 18.2 Å². The number of nitrogens with zero attached hydrogens (tertiary/aromatic N) is 1. The third kappa shape index (κ3) is 2.00. The Hall–Kier alpha value is -2.50. The molecule has 0 atom stereocenters. The van der Waals surface area contributed by atoms with E-state index in [0.29, 0.717) is 34.7 Å². The van der Waals surface area contributed by atoms with E-state index in [4.69, 9.17) is 19.7 Å². The van der Waals surface area contributed by atoms with Gasteiger partial charge >= 0.3 is 0 Å². The summed E-state index contributed by atoms with van der Waals surface area (Å²) in [6, 6.07) is 4.87. The van der Waals surface area contributed by atoms with Crippen LogP contribution in [-0.4, -0.2) is 25.7 Å². The van der Waals surface area contributed by atoms with Crippen LogP contribution in [0, 0.1) is 0 Å². The summed E-state index contributed by atoms with van der Waals surface area (Å²) < 4.78 is 15.3. The molecule has 1 aromatic heterocycles. The molecule has 18 heavy (non-hydrogen) atoms. The van der Waals surface area contributed by atoms with Gasteiger partial charge in [0.05, 0.1) is 19.8 Å². The summed E-state index contributed by atoms with van der Waals surface area (Å²) in [6.45, 7) is 0. The zero-order valence-electron chi connectivity index (χ0n) is 9.97. The largest absolute Gasteiger partial charge is 0.493 e. The quantitative estimate of drug-likeness (QED) is 0.829. The zero-order chi connectivity index (χ0) is 13.1. The minimum atomic E-state index is 0.271. The Kier molecular flexibility index (Phi) is 3.18. The van der Waals surface area contributed by atoms with Crippen LogP contribution in [0.2, 0.25) is 0 Å². The summed E-state index contributed by atoms with van der Waals surface area (Å²) in [6.07, 6.45) is 0.685. The van der Waals surface area contributed by atoms with Crippen molar-refractivity contribution in [2.45, 2.75) is 0 Å². The van der Waals surface area contributed by atoms with E-state index in [9.17, 15) is 4.79 Å². The van der Waals surface area contributed by atoms with E-state index in [0.717, 1.165) is 0 Å². The molecular weight excluding hydrogens is 236 g/mol. The predicted molar refractivity (Wildman–Crippen MR) is 64.8 cm³/mol. The molecule has 0 aliphatic carbocycles. The minimum Gasteiger partial charge on any atom is -0.493 e. The van der Waals surface area contributed by atoms with Gasteiger partial charge in [0.2, 0.25) is 0 Å². The van der Waals surface area contributed by atoms with Gasteiger partial charge in [0, 0.05) is 11.6 Å². The first kappa shape index (κ1) is 12.0. The van der Waals surface area contributed by atoms with Crippen molar-refractivity contribution in [2.75, 3.05) is 20.0 Å². The van der Waals surface area contributed by atoms with Gasteiger partial charge in [-0.25, -0.2) is 0 Å². The third-order valence-electron chi connectivity index (χ3n) is 2.45. The van der Waals surface area contributed by atoms with Crippen LogP contribution in [-0.2, 0) is 0 Å². The summed E-state index contributed by atoms with van der Waals surface area (Å²) in [5, 5.41) is 3.59. The second-order valence-corrected chi connectivity index (χ2v) is 3.53. The number of nitrogens with two attached hydrogens (primary N) is 1. The fourth-order valence-corrected chi connectivity index (χ4v) is 1.65. The van der Waals surface area contributed by atoms with Crippen molar-refractivity contribution in [1.29, 1.82) is 0 Å². The number of hydrogen-bond acceptors (Lipinski definition) is 6. The predicted octanol–water partition coefficient (Wildman–Crippen LogP) is 1.75. The minimum absolute atomic E-state index is 0.271. The van der Waals surface area contributed by atoms with E-state index in [1.165, 1.54) is 14.2 Å². The van der Waals surface area contributed by atoms with Crippen molar-refractivity contribution in [3.63, 3.8) is 0 Å². The summed E-state index contributed by atoms with van der Waals surface area (Å²) >= 11 is 0. The molecule has 6 heteroatoms. The molecule has 0 saturated heterocycles. The van der Waals surface area contributed by atoms with Crippen molar-refractivity contribution >= 4 is 12.1 Å². The molecule has 2 rings (SSSR count). The van der Waals surface area contributed by atoms with Crippen LogP contribution in [0.25, 0.3) is 11.3 Å². The molecule has 1 heterocycles. The standard InChI is InChI=1S/C12H12N2O4/c1-16-10-4-7(9-5-11(13)14-18-9)3-8(6-15)12(10)17-2/h3-6H,1-2H3,(H2,13,14). The zero-order valence-corrected chi connectivity index (χ0v) is 9.97. The molecule has 0 spiro atoms. The van der Waals surface area contributed by atoms with Crippen molar-refractivity contribution in [2.24, 2.45) is 0 Å². The van der Waals surface area contributed by atoms with Crippen molar-refractivity contribution < 1.29 is 18.8 Å². The topological polar surface area (TPSA) is 87.6 Å². The fourth-order valence-electron chi connectivity index (χ4n) is 1.65. The number of benzene rings is 1. The summed E-state index contributed by atoms with van der Waals surface area (Å²) in [4.78, 5) is 11.0. The van der Waals surface area contributed by atoms with Crippen LogP contribution in [0.3, 0.4) is 0 Å². The van der Waals surface area contributed by atoms with E-state index in [2.05, 4.69) is 5.16 Å². The van der Waals surface area contributed by atoms with Gasteiger partial charge in [0.15, 0.2) is 29.4 Å². The third-order valence-corrected chi connectivity index (χ3v) is 2.45. The number of carbonyl (C=O) groups excluding carboxylic acids is 1. The van der Waals surface area contributed by atoms with Crippen LogP contribution in [0.5, 0.6) is 11.5 Å². The van der Waals surface area contributed by atoms with E-state index >= 15 is 0 Å². The highest BCUT2D eigenvalue weighted by atomic mass is 16.5. The molecule has 0 unspecified atom stereocenters. The van der Waals surface area contributed by atoms with Crippen LogP contribution >= 0.6 is 0 Å². The van der Waals surface area contributed by atoms with Crippen molar-refractivity contribution in [3.8, 4) is 22.8 Å². The van der Waals surface area contributed by atoms with Gasteiger partial charge in [0.25, 0.3) is 0 Å². The van der Waals surface area contributed by atoms with E-state index < -0.39 is 0 Å². The Morgan fingerprint density at radius 3 is 2.56 bits per heavy atom. The number of aromatic nitrogens is 1. The lowest BCUT2D eigenvalue weighted by Gasteiger charge is -2.10. The van der Waals surface area contributed by atoms with Crippen LogP contribution in [0.4, 0.5) is 5.82 Å². The highest BCUT2D eigenvalue weighted by Gasteiger charge is 2.15. The van der Waals surface area contributed by atoms with Gasteiger partial charge in [-0.05, 0) is 12.1 Å². The smallest absolute Gasteiger partial charge is 0.171 e. The number of carbonyl (C=O) groups is 1. The van der Waals surface area contributed by atoms with Crippen molar-refractivity contribution in [3.05, 3.63) is 23.8 Å². The number of aldehydes is 1. The molecule has 0 radical (unpaired) electrons. The first-order valence-corrected chi connectivity index (χ1v) is 5.13. The molecule has 6 nitrogen and oxygen atoms in total. The molecule has 2 N–H and O–H groups in total. The van der Waals surface area contributed by atoms with Gasteiger partial charge in [-0.1, -0.05) is 5.16 Å². The molecule has 0 fully saturated rings. The molecule has 0 aliphatic rings. The SMILES string of the molecule is COc1cc(-c2cc(N)no2)cc(C=O)c1OC. The average molecular weight is 248 g/mol. The number of ether oxygens (including phenoxy) is 2. The highest BCUT2D eigenvalue weighted by molar-refractivity contribution is 5.84. The number of anilines is 1. The second kappa shape index (κ2) is 4.79. The fraction of sp³-hybridized carbons (Fsp3) is 0.167. The number of nitrogen functional groups attached to an aromatic ring is 1. The monoisotopic (exact) mass is 248 g/mol. The molecule has 1 aromatic carbocycles. The lowest BCUT2D eigenvalue weighted by Crippen LogP contribution is -1.96. The Bertz CT molecular complexity index is 577. The molecule has 94 valence electrons. The van der Waals surface area contributed by atoms with Gasteiger partial charge in [-0.2, -0.15) is 0 Å². The number of rotatable bonds is 4. The maximum absolute atomic E-state index is 11.0. The van der Waals surface area contributed by atoms with Crippen molar-refractivity contribution in [1.82, 2.24) is 5.16 Å². The van der Waals surface area contributed by atoms with Crippen LogP contribution in [0.15, 0.2) is 22.7 Å². The summed E-state index contributed by atoms with van der Waals surface area (Å²) in [5.41, 5.74) is 6.48. The Morgan fingerprint density at radius 1 is 1.28 bits per heavy atom. The van der Waals surface area contributed by atoms with Crippen LogP contribution in [0.1, 0.15) is 10.4 Å². The average Bonchev–Trinajstić information content (AvgIpc) is 2.83. The van der Waals surface area contributed by atoms with Gasteiger partial charge in [0.1, 0.15) is 0 Å². The molecule has 0 aliphatic heterocycles. The Morgan fingerprint density at radius 2 is 2.06 bits per heavy atom. The highest BCUT2D eigenvalue weighted by Crippen LogP contribution is 2.35. The molecule has 0 saturated carbocycles. The normalized spacial score (nSPS) is 10.1. The maximum Gasteiger partial charge on any atom is 0.171 e. The van der Waals surface area contributed by atoms with Gasteiger partial charge < -0.3 is 19.7 Å². The molecule has 0 bridgehead atoms. The maximum atomic E-state index is 11.0. The first-order valence-electron chi connectivity index (χ1n) is 5.13. The lowest BCUT2D eigenvalue weighted by atomic mass is 10.1. The van der Waals surface area contributed by atoms with Gasteiger partial charge in [-0.3, -0.25) is 4.79 Å². The lowest BCUT2D eigenvalue weighted by molar-refractivity contribution is 0.112. The molecular formula is C12H12N2O4. The van der Waals surface area contributed by atoms with Gasteiger partial charge in [-0.15, -0.1) is 0 Å². The number of methoxy groups -OCH3 is 2. The Labute approximate surface area is 103 Å². The van der Waals surface area contributed by atoms with E-state index in [-0.39, 0.29) is 5.82 Å². The second-order valence-electron chi connectivity index (χ2n) is 3.53. The summed E-state index contributed by atoms with van der Waals surface area (Å²) in [5.74, 6) is 1.54. The molecule has 0 amide bonds. The number of hydrogen-bond donors (Lipinski definition) is 1. The van der Waals surface area contributed by atoms with E-state index in [1.807, 2.05) is 0 Å². The molecule has 2 aromatic rings. The first-order chi connectivity index (χ1) is 8.69. The Balaban J connectivity index is 2.59.